The zero-order valence-corrected chi connectivity index (χ0v) is 10.6. The second-order valence-electron chi connectivity index (χ2n) is 5.02. The van der Waals surface area contributed by atoms with Gasteiger partial charge in [-0.15, -0.1) is 12.4 Å². The van der Waals surface area contributed by atoms with Gasteiger partial charge >= 0.3 is 0 Å². The number of hydrogen-bond donors (Lipinski definition) is 1. The van der Waals surface area contributed by atoms with Crippen LogP contribution in [0.3, 0.4) is 0 Å². The van der Waals surface area contributed by atoms with Crippen LogP contribution in [0, 0.1) is 5.92 Å². The van der Waals surface area contributed by atoms with Crippen LogP contribution in [0.25, 0.3) is 0 Å². The van der Waals surface area contributed by atoms with Crippen LogP contribution in [0.15, 0.2) is 0 Å². The zero-order chi connectivity index (χ0) is 10.2. The summed E-state index contributed by atoms with van der Waals surface area (Å²) in [4.78, 5) is 0. The van der Waals surface area contributed by atoms with Crippen molar-refractivity contribution in [1.29, 1.82) is 0 Å². The molecule has 5 heteroatoms. The van der Waals surface area contributed by atoms with E-state index in [1.165, 1.54) is 19.3 Å². The highest BCUT2D eigenvalue weighted by Gasteiger charge is 2.36. The molecule has 0 atom stereocenters. The number of nitrogens with two attached hydrogens (primary N) is 1. The van der Waals surface area contributed by atoms with E-state index in [0.717, 1.165) is 12.3 Å². The molecule has 0 spiro atoms. The fraction of sp³-hybridized carbons (Fsp3) is 1.00. The maximum Gasteiger partial charge on any atom is 0.150 e. The monoisotopic (exact) mass is 253 g/mol. The largest absolute Gasteiger partial charge is 0.325 e. The Bertz CT molecular complexity index is 297. The quantitative estimate of drug-likeness (QED) is 0.812. The van der Waals surface area contributed by atoms with Crippen molar-refractivity contribution in [3.63, 3.8) is 0 Å². The van der Waals surface area contributed by atoms with Gasteiger partial charge in [0, 0.05) is 5.54 Å². The number of sulfone groups is 1. The molecule has 1 aliphatic heterocycles. The van der Waals surface area contributed by atoms with Gasteiger partial charge in [-0.3, -0.25) is 0 Å². The first-order valence-electron chi connectivity index (χ1n) is 5.48. The highest BCUT2D eigenvalue weighted by atomic mass is 35.5. The van der Waals surface area contributed by atoms with Crippen molar-refractivity contribution >= 4 is 22.2 Å². The lowest BCUT2D eigenvalue weighted by atomic mass is 9.74. The third kappa shape index (κ3) is 3.33. The van der Waals surface area contributed by atoms with Gasteiger partial charge in [0.05, 0.1) is 11.5 Å². The first kappa shape index (κ1) is 13.3. The van der Waals surface area contributed by atoms with Gasteiger partial charge in [-0.2, -0.15) is 0 Å². The van der Waals surface area contributed by atoms with Crippen molar-refractivity contribution in [2.24, 2.45) is 11.7 Å². The van der Waals surface area contributed by atoms with Crippen molar-refractivity contribution in [3.05, 3.63) is 0 Å². The van der Waals surface area contributed by atoms with Gasteiger partial charge < -0.3 is 5.73 Å². The SMILES string of the molecule is Cl.NC1(CC2CCC2)CCS(=O)(=O)CC1. The van der Waals surface area contributed by atoms with Gasteiger partial charge in [0.15, 0.2) is 0 Å². The average Bonchev–Trinajstić information content (AvgIpc) is 2.05. The normalized spacial score (nSPS) is 28.9. The van der Waals surface area contributed by atoms with Crippen molar-refractivity contribution in [1.82, 2.24) is 0 Å². The number of rotatable bonds is 2. The van der Waals surface area contributed by atoms with E-state index in [2.05, 4.69) is 0 Å². The third-order valence-electron chi connectivity index (χ3n) is 3.74. The second-order valence-corrected chi connectivity index (χ2v) is 7.32. The van der Waals surface area contributed by atoms with Crippen LogP contribution < -0.4 is 5.73 Å². The molecule has 2 rings (SSSR count). The summed E-state index contributed by atoms with van der Waals surface area (Å²) in [5, 5.41) is 0. The smallest absolute Gasteiger partial charge is 0.150 e. The van der Waals surface area contributed by atoms with Gasteiger partial charge in [-0.25, -0.2) is 8.42 Å². The molecule has 2 aliphatic rings. The highest BCUT2D eigenvalue weighted by Crippen LogP contribution is 2.36. The van der Waals surface area contributed by atoms with Crippen LogP contribution in [0.1, 0.15) is 38.5 Å². The lowest BCUT2D eigenvalue weighted by molar-refractivity contribution is 0.212. The first-order chi connectivity index (χ1) is 6.49. The molecule has 15 heavy (non-hydrogen) atoms. The summed E-state index contributed by atoms with van der Waals surface area (Å²) in [5.74, 6) is 1.38. The fourth-order valence-corrected chi connectivity index (χ4v) is 4.06. The Morgan fingerprint density at radius 2 is 1.73 bits per heavy atom. The summed E-state index contributed by atoms with van der Waals surface area (Å²) >= 11 is 0. The maximum atomic E-state index is 11.3. The minimum Gasteiger partial charge on any atom is -0.325 e. The Labute approximate surface area is 98.1 Å². The predicted molar refractivity (Wildman–Crippen MR) is 64.0 cm³/mol. The van der Waals surface area contributed by atoms with Crippen molar-refractivity contribution in [2.75, 3.05) is 11.5 Å². The summed E-state index contributed by atoms with van der Waals surface area (Å²) in [6.45, 7) is 0. The van der Waals surface area contributed by atoms with E-state index >= 15 is 0 Å². The van der Waals surface area contributed by atoms with Crippen molar-refractivity contribution < 1.29 is 8.42 Å². The van der Waals surface area contributed by atoms with E-state index in [9.17, 15) is 8.42 Å². The molecule has 1 saturated heterocycles. The molecular weight excluding hydrogens is 234 g/mol. The fourth-order valence-electron chi connectivity index (χ4n) is 2.42. The van der Waals surface area contributed by atoms with Crippen molar-refractivity contribution in [3.8, 4) is 0 Å². The average molecular weight is 254 g/mol. The van der Waals surface area contributed by atoms with Crippen LogP contribution in [-0.2, 0) is 9.84 Å². The molecule has 2 N–H and O–H groups in total. The Morgan fingerprint density at radius 1 is 1.20 bits per heavy atom. The van der Waals surface area contributed by atoms with Crippen LogP contribution in [0.4, 0.5) is 0 Å². The summed E-state index contributed by atoms with van der Waals surface area (Å²) in [7, 11) is -2.76. The van der Waals surface area contributed by atoms with Crippen LogP contribution in [0.5, 0.6) is 0 Å². The summed E-state index contributed by atoms with van der Waals surface area (Å²) in [5.41, 5.74) is 6.06. The molecule has 3 nitrogen and oxygen atoms in total. The van der Waals surface area contributed by atoms with E-state index in [1.54, 1.807) is 0 Å². The Balaban J connectivity index is 0.00000112. The van der Waals surface area contributed by atoms with Gasteiger partial charge in [-0.05, 0) is 25.2 Å². The topological polar surface area (TPSA) is 60.2 Å². The molecule has 0 radical (unpaired) electrons. The van der Waals surface area contributed by atoms with E-state index in [-0.39, 0.29) is 17.9 Å². The highest BCUT2D eigenvalue weighted by molar-refractivity contribution is 7.91. The molecular formula is C10H20ClNO2S. The van der Waals surface area contributed by atoms with E-state index in [1.807, 2.05) is 0 Å². The molecule has 1 aliphatic carbocycles. The molecule has 90 valence electrons. The molecule has 0 aromatic rings. The Kier molecular flexibility index (Phi) is 4.07. The molecule has 0 aromatic carbocycles. The van der Waals surface area contributed by atoms with E-state index < -0.39 is 9.84 Å². The molecule has 0 unspecified atom stereocenters. The van der Waals surface area contributed by atoms with E-state index in [4.69, 9.17) is 5.73 Å². The molecule has 2 fully saturated rings. The van der Waals surface area contributed by atoms with Crippen LogP contribution in [-0.4, -0.2) is 25.5 Å². The summed E-state index contributed by atoms with van der Waals surface area (Å²) < 4.78 is 22.5. The lowest BCUT2D eigenvalue weighted by Crippen LogP contribution is -2.48. The number of hydrogen-bond acceptors (Lipinski definition) is 3. The molecule has 0 bridgehead atoms. The van der Waals surface area contributed by atoms with Gasteiger partial charge in [0.2, 0.25) is 0 Å². The minimum absolute atomic E-state index is 0. The molecule has 1 saturated carbocycles. The molecule has 0 aromatic heterocycles. The van der Waals surface area contributed by atoms with E-state index in [0.29, 0.717) is 24.3 Å². The molecule has 1 heterocycles. The predicted octanol–water partition coefficient (Wildman–Crippen LogP) is 1.50. The standard InChI is InChI=1S/C10H19NO2S.ClH/c11-10(8-9-2-1-3-9)4-6-14(12,13)7-5-10;/h9H,1-8,11H2;1H. The zero-order valence-electron chi connectivity index (χ0n) is 8.94. The Hall–Kier alpha value is 0.200. The van der Waals surface area contributed by atoms with Crippen LogP contribution >= 0.6 is 12.4 Å². The first-order valence-corrected chi connectivity index (χ1v) is 7.31. The third-order valence-corrected chi connectivity index (χ3v) is 5.39. The Morgan fingerprint density at radius 3 is 2.13 bits per heavy atom. The summed E-state index contributed by atoms with van der Waals surface area (Å²) in [6.07, 6.45) is 6.32. The summed E-state index contributed by atoms with van der Waals surface area (Å²) in [6, 6.07) is 0. The lowest BCUT2D eigenvalue weighted by Gasteiger charge is -2.39. The van der Waals surface area contributed by atoms with Gasteiger partial charge in [0.1, 0.15) is 9.84 Å². The maximum absolute atomic E-state index is 11.3. The van der Waals surface area contributed by atoms with Crippen LogP contribution in [0.2, 0.25) is 0 Å². The second kappa shape index (κ2) is 4.60. The molecule has 0 amide bonds. The number of halogens is 1. The van der Waals surface area contributed by atoms with Gasteiger partial charge in [0.25, 0.3) is 0 Å². The van der Waals surface area contributed by atoms with Crippen molar-refractivity contribution in [2.45, 2.75) is 44.1 Å². The van der Waals surface area contributed by atoms with Gasteiger partial charge in [-0.1, -0.05) is 19.3 Å². The minimum atomic E-state index is -2.76.